The van der Waals surface area contributed by atoms with Crippen molar-refractivity contribution in [3.05, 3.63) is 0 Å². The first-order chi connectivity index (χ1) is 9.29. The van der Waals surface area contributed by atoms with Crippen LogP contribution in [0.1, 0.15) is 44.9 Å². The van der Waals surface area contributed by atoms with Crippen molar-refractivity contribution in [1.82, 2.24) is 15.5 Å². The quantitative estimate of drug-likeness (QED) is 0.715. The van der Waals surface area contributed by atoms with Gasteiger partial charge in [-0.25, -0.2) is 4.79 Å². The van der Waals surface area contributed by atoms with E-state index in [1.165, 1.54) is 45.1 Å². The minimum Gasteiger partial charge on any atom is -0.395 e. The third kappa shape index (κ3) is 4.66. The molecule has 0 radical (unpaired) electrons. The minimum atomic E-state index is -0.149. The molecule has 1 unspecified atom stereocenters. The van der Waals surface area contributed by atoms with Crippen LogP contribution in [-0.2, 0) is 0 Å². The lowest BCUT2D eigenvalue weighted by Gasteiger charge is -2.40. The van der Waals surface area contributed by atoms with Gasteiger partial charge in [-0.05, 0) is 32.2 Å². The van der Waals surface area contributed by atoms with E-state index in [1.807, 2.05) is 0 Å². The van der Waals surface area contributed by atoms with Gasteiger partial charge in [0.2, 0.25) is 0 Å². The molecule has 1 aliphatic heterocycles. The number of rotatable bonds is 4. The number of aliphatic hydroxyl groups is 1. The van der Waals surface area contributed by atoms with Crippen molar-refractivity contribution in [3.63, 3.8) is 0 Å². The highest BCUT2D eigenvalue weighted by molar-refractivity contribution is 5.74. The molecule has 1 saturated carbocycles. The molecule has 1 saturated heterocycles. The molecular formula is C14H27N3O2. The zero-order chi connectivity index (χ0) is 13.5. The van der Waals surface area contributed by atoms with E-state index in [2.05, 4.69) is 15.5 Å². The van der Waals surface area contributed by atoms with E-state index in [1.54, 1.807) is 0 Å². The molecule has 5 nitrogen and oxygen atoms in total. The summed E-state index contributed by atoms with van der Waals surface area (Å²) in [6, 6.07) is 0.845. The average molecular weight is 269 g/mol. The smallest absolute Gasteiger partial charge is 0.315 e. The van der Waals surface area contributed by atoms with Gasteiger partial charge in [0, 0.05) is 25.2 Å². The summed E-state index contributed by atoms with van der Waals surface area (Å²) in [5.74, 6) is 0. The van der Waals surface area contributed by atoms with Crippen LogP contribution in [0.25, 0.3) is 0 Å². The molecule has 1 atom stereocenters. The van der Waals surface area contributed by atoms with Gasteiger partial charge in [0.1, 0.15) is 0 Å². The fraction of sp³-hybridized carbons (Fsp3) is 0.929. The van der Waals surface area contributed by atoms with Gasteiger partial charge >= 0.3 is 6.03 Å². The molecule has 0 spiro atoms. The number of hydrogen-bond acceptors (Lipinski definition) is 3. The van der Waals surface area contributed by atoms with E-state index in [0.717, 1.165) is 19.0 Å². The first-order valence-electron chi connectivity index (χ1n) is 7.69. The van der Waals surface area contributed by atoms with Crippen molar-refractivity contribution in [2.45, 2.75) is 57.0 Å². The minimum absolute atomic E-state index is 0.00765. The summed E-state index contributed by atoms with van der Waals surface area (Å²) >= 11 is 0. The fourth-order valence-electron chi connectivity index (χ4n) is 3.31. The van der Waals surface area contributed by atoms with Gasteiger partial charge in [-0.15, -0.1) is 0 Å². The average Bonchev–Trinajstić information content (AvgIpc) is 2.46. The van der Waals surface area contributed by atoms with E-state index in [4.69, 9.17) is 5.11 Å². The molecule has 0 bridgehead atoms. The SMILES string of the molecule is O=C(NCCO)NC1CCCN(C2CCCCC2)C1. The number of carbonyl (C=O) groups excluding carboxylic acids is 1. The molecule has 2 fully saturated rings. The van der Waals surface area contributed by atoms with Crippen LogP contribution in [0.3, 0.4) is 0 Å². The number of aliphatic hydroxyl groups excluding tert-OH is 1. The number of nitrogens with zero attached hydrogens (tertiary/aromatic N) is 1. The Balaban J connectivity index is 1.74. The summed E-state index contributed by atoms with van der Waals surface area (Å²) < 4.78 is 0. The van der Waals surface area contributed by atoms with Crippen LogP contribution in [0, 0.1) is 0 Å². The molecular weight excluding hydrogens is 242 g/mol. The van der Waals surface area contributed by atoms with Crippen LogP contribution >= 0.6 is 0 Å². The third-order valence-corrected chi connectivity index (χ3v) is 4.28. The molecule has 0 aromatic rings. The second-order valence-electron chi connectivity index (χ2n) is 5.75. The highest BCUT2D eigenvalue weighted by Crippen LogP contribution is 2.25. The predicted octanol–water partition coefficient (Wildman–Crippen LogP) is 1.07. The van der Waals surface area contributed by atoms with Crippen molar-refractivity contribution in [1.29, 1.82) is 0 Å². The van der Waals surface area contributed by atoms with Gasteiger partial charge in [-0.3, -0.25) is 4.90 Å². The summed E-state index contributed by atoms with van der Waals surface area (Å²) in [7, 11) is 0. The highest BCUT2D eigenvalue weighted by Gasteiger charge is 2.27. The Hall–Kier alpha value is -0.810. The number of amides is 2. The van der Waals surface area contributed by atoms with Crippen molar-refractivity contribution in [2.75, 3.05) is 26.2 Å². The van der Waals surface area contributed by atoms with Gasteiger partial charge in [-0.1, -0.05) is 19.3 Å². The standard InChI is InChI=1S/C14H27N3O2/c18-10-8-15-14(19)16-12-5-4-9-17(11-12)13-6-2-1-3-7-13/h12-13,18H,1-11H2,(H2,15,16,19). The van der Waals surface area contributed by atoms with E-state index < -0.39 is 0 Å². The van der Waals surface area contributed by atoms with Gasteiger partial charge < -0.3 is 15.7 Å². The number of piperidine rings is 1. The molecule has 2 rings (SSSR count). The molecule has 19 heavy (non-hydrogen) atoms. The van der Waals surface area contributed by atoms with Gasteiger partial charge in [0.15, 0.2) is 0 Å². The van der Waals surface area contributed by atoms with Gasteiger partial charge in [0.05, 0.1) is 6.61 Å². The largest absolute Gasteiger partial charge is 0.395 e. The number of likely N-dealkylation sites (tertiary alicyclic amines) is 1. The van der Waals surface area contributed by atoms with Crippen LogP contribution in [0.2, 0.25) is 0 Å². The van der Waals surface area contributed by atoms with Crippen LogP contribution < -0.4 is 10.6 Å². The Labute approximate surface area is 115 Å². The number of hydrogen-bond donors (Lipinski definition) is 3. The Bertz CT molecular complexity index is 280. The molecule has 2 amide bonds. The lowest BCUT2D eigenvalue weighted by atomic mass is 9.92. The summed E-state index contributed by atoms with van der Waals surface area (Å²) in [5.41, 5.74) is 0. The molecule has 3 N–H and O–H groups in total. The van der Waals surface area contributed by atoms with Crippen LogP contribution in [0.5, 0.6) is 0 Å². The first kappa shape index (κ1) is 14.6. The van der Waals surface area contributed by atoms with Gasteiger partial charge in [0.25, 0.3) is 0 Å². The van der Waals surface area contributed by atoms with E-state index in [9.17, 15) is 4.79 Å². The van der Waals surface area contributed by atoms with Crippen LogP contribution in [0.4, 0.5) is 4.79 Å². The van der Waals surface area contributed by atoms with Gasteiger partial charge in [-0.2, -0.15) is 0 Å². The number of urea groups is 1. The molecule has 2 aliphatic rings. The maximum Gasteiger partial charge on any atom is 0.315 e. The molecule has 1 heterocycles. The Morgan fingerprint density at radius 3 is 2.68 bits per heavy atom. The molecule has 0 aromatic heterocycles. The number of carbonyl (C=O) groups is 1. The van der Waals surface area contributed by atoms with Crippen LogP contribution in [-0.4, -0.2) is 54.4 Å². The second kappa shape index (κ2) is 7.70. The lowest BCUT2D eigenvalue weighted by molar-refractivity contribution is 0.112. The van der Waals surface area contributed by atoms with Crippen molar-refractivity contribution in [3.8, 4) is 0 Å². The predicted molar refractivity (Wildman–Crippen MR) is 75.1 cm³/mol. The Morgan fingerprint density at radius 1 is 1.16 bits per heavy atom. The molecule has 1 aliphatic carbocycles. The molecule has 5 heteroatoms. The zero-order valence-electron chi connectivity index (χ0n) is 11.7. The summed E-state index contributed by atoms with van der Waals surface area (Å²) in [5, 5.41) is 14.4. The topological polar surface area (TPSA) is 64.6 Å². The normalized spacial score (nSPS) is 26.1. The maximum atomic E-state index is 11.6. The monoisotopic (exact) mass is 269 g/mol. The number of nitrogens with one attached hydrogen (secondary N) is 2. The first-order valence-corrected chi connectivity index (χ1v) is 7.69. The van der Waals surface area contributed by atoms with E-state index in [-0.39, 0.29) is 18.7 Å². The van der Waals surface area contributed by atoms with E-state index in [0.29, 0.717) is 6.54 Å². The Morgan fingerprint density at radius 2 is 1.95 bits per heavy atom. The summed E-state index contributed by atoms with van der Waals surface area (Å²) in [6.07, 6.45) is 8.98. The summed E-state index contributed by atoms with van der Waals surface area (Å²) in [4.78, 5) is 14.2. The second-order valence-corrected chi connectivity index (χ2v) is 5.75. The van der Waals surface area contributed by atoms with Crippen molar-refractivity contribution < 1.29 is 9.90 Å². The summed E-state index contributed by atoms with van der Waals surface area (Å²) in [6.45, 7) is 2.48. The fourth-order valence-corrected chi connectivity index (χ4v) is 3.31. The maximum absolute atomic E-state index is 11.6. The highest BCUT2D eigenvalue weighted by atomic mass is 16.3. The third-order valence-electron chi connectivity index (χ3n) is 4.28. The van der Waals surface area contributed by atoms with Crippen LogP contribution in [0.15, 0.2) is 0 Å². The van der Waals surface area contributed by atoms with Crippen molar-refractivity contribution >= 4 is 6.03 Å². The zero-order valence-corrected chi connectivity index (χ0v) is 11.7. The molecule has 0 aromatic carbocycles. The Kier molecular flexibility index (Phi) is 5.92. The van der Waals surface area contributed by atoms with E-state index >= 15 is 0 Å². The molecule has 110 valence electrons. The lowest BCUT2D eigenvalue weighted by Crippen LogP contribution is -2.53. The van der Waals surface area contributed by atoms with Crippen molar-refractivity contribution in [2.24, 2.45) is 0 Å².